The number of aliphatic hydroxyl groups is 1. The van der Waals surface area contributed by atoms with E-state index in [1.54, 1.807) is 20.5 Å². The highest BCUT2D eigenvalue weighted by molar-refractivity contribution is 5.85. The second kappa shape index (κ2) is 7.13. The standard InChI is InChI=1S/C18H24N2O3/c1-22-16-9-14-15(10-17(16)23-2)19-11-20-18(14)13-5-3-12(4-6-13)7-8-21/h9-13,21H,3-8H2,1-2H3. The lowest BCUT2D eigenvalue weighted by atomic mass is 9.78. The average Bonchev–Trinajstić information content (AvgIpc) is 2.61. The van der Waals surface area contributed by atoms with Crippen LogP contribution < -0.4 is 9.47 Å². The van der Waals surface area contributed by atoms with Gasteiger partial charge in [0, 0.05) is 24.0 Å². The average molecular weight is 316 g/mol. The van der Waals surface area contributed by atoms with Gasteiger partial charge in [-0.2, -0.15) is 0 Å². The molecular formula is C18H24N2O3. The lowest BCUT2D eigenvalue weighted by Crippen LogP contribution is -2.15. The van der Waals surface area contributed by atoms with Crippen molar-refractivity contribution >= 4 is 10.9 Å². The molecule has 1 aromatic heterocycles. The molecule has 1 saturated carbocycles. The predicted octanol–water partition coefficient (Wildman–Crippen LogP) is 3.30. The van der Waals surface area contributed by atoms with Crippen molar-refractivity contribution in [3.05, 3.63) is 24.2 Å². The Bertz CT molecular complexity index is 667. The largest absolute Gasteiger partial charge is 0.493 e. The first-order valence-corrected chi connectivity index (χ1v) is 8.24. The van der Waals surface area contributed by atoms with Crippen molar-refractivity contribution < 1.29 is 14.6 Å². The number of rotatable bonds is 5. The number of methoxy groups -OCH3 is 2. The molecule has 0 amide bonds. The van der Waals surface area contributed by atoms with Gasteiger partial charge in [-0.15, -0.1) is 0 Å². The molecule has 5 nitrogen and oxygen atoms in total. The summed E-state index contributed by atoms with van der Waals surface area (Å²) in [6, 6.07) is 3.90. The summed E-state index contributed by atoms with van der Waals surface area (Å²) in [6.45, 7) is 0.294. The summed E-state index contributed by atoms with van der Waals surface area (Å²) in [4.78, 5) is 8.96. The van der Waals surface area contributed by atoms with Gasteiger partial charge in [0.25, 0.3) is 0 Å². The highest BCUT2D eigenvalue weighted by Crippen LogP contribution is 2.40. The second-order valence-electron chi connectivity index (χ2n) is 6.21. The molecule has 0 radical (unpaired) electrons. The van der Waals surface area contributed by atoms with Crippen molar-refractivity contribution in [1.29, 1.82) is 0 Å². The molecule has 1 heterocycles. The van der Waals surface area contributed by atoms with Crippen LogP contribution in [0.2, 0.25) is 0 Å². The molecule has 1 N–H and O–H groups in total. The van der Waals surface area contributed by atoms with Gasteiger partial charge >= 0.3 is 0 Å². The molecule has 0 bridgehead atoms. The minimum atomic E-state index is 0.294. The van der Waals surface area contributed by atoms with E-state index in [2.05, 4.69) is 9.97 Å². The molecule has 0 aliphatic heterocycles. The highest BCUT2D eigenvalue weighted by atomic mass is 16.5. The summed E-state index contributed by atoms with van der Waals surface area (Å²) in [5, 5.41) is 10.2. The van der Waals surface area contributed by atoms with Crippen molar-refractivity contribution in [2.45, 2.75) is 38.0 Å². The maximum Gasteiger partial charge on any atom is 0.162 e. The van der Waals surface area contributed by atoms with Gasteiger partial charge in [-0.25, -0.2) is 9.97 Å². The van der Waals surface area contributed by atoms with Crippen molar-refractivity contribution in [1.82, 2.24) is 9.97 Å². The molecule has 2 aromatic rings. The van der Waals surface area contributed by atoms with Gasteiger partial charge in [-0.3, -0.25) is 0 Å². The molecule has 0 atom stereocenters. The first-order valence-electron chi connectivity index (χ1n) is 8.24. The molecule has 1 fully saturated rings. The summed E-state index contributed by atoms with van der Waals surface area (Å²) < 4.78 is 10.8. The van der Waals surface area contributed by atoms with Gasteiger partial charge in [0.2, 0.25) is 0 Å². The van der Waals surface area contributed by atoms with Crippen LogP contribution in [0.3, 0.4) is 0 Å². The van der Waals surface area contributed by atoms with E-state index in [1.165, 1.54) is 0 Å². The summed E-state index contributed by atoms with van der Waals surface area (Å²) in [7, 11) is 3.28. The Labute approximate surface area is 136 Å². The predicted molar refractivity (Wildman–Crippen MR) is 89.0 cm³/mol. The molecule has 5 heteroatoms. The fourth-order valence-electron chi connectivity index (χ4n) is 3.64. The van der Waals surface area contributed by atoms with E-state index in [9.17, 15) is 0 Å². The lowest BCUT2D eigenvalue weighted by molar-refractivity contribution is 0.222. The van der Waals surface area contributed by atoms with Gasteiger partial charge in [-0.1, -0.05) is 0 Å². The topological polar surface area (TPSA) is 64.5 Å². The van der Waals surface area contributed by atoms with Crippen LogP contribution in [0.15, 0.2) is 18.5 Å². The molecule has 0 spiro atoms. The van der Waals surface area contributed by atoms with E-state index in [0.29, 0.717) is 29.9 Å². The molecule has 0 unspecified atom stereocenters. The number of benzene rings is 1. The number of ether oxygens (including phenoxy) is 2. The van der Waals surface area contributed by atoms with Crippen molar-refractivity contribution in [2.75, 3.05) is 20.8 Å². The van der Waals surface area contributed by atoms with Crippen molar-refractivity contribution in [2.24, 2.45) is 5.92 Å². The zero-order chi connectivity index (χ0) is 16.2. The van der Waals surface area contributed by atoms with E-state index in [4.69, 9.17) is 14.6 Å². The fraction of sp³-hybridized carbons (Fsp3) is 0.556. The number of fused-ring (bicyclic) bond motifs is 1. The molecule has 0 saturated heterocycles. The van der Waals surface area contributed by atoms with Crippen LogP contribution in [-0.2, 0) is 0 Å². The summed E-state index contributed by atoms with van der Waals surface area (Å²) >= 11 is 0. The maximum absolute atomic E-state index is 9.10. The Morgan fingerprint density at radius 3 is 2.39 bits per heavy atom. The zero-order valence-corrected chi connectivity index (χ0v) is 13.8. The van der Waals surface area contributed by atoms with E-state index < -0.39 is 0 Å². The first-order chi connectivity index (χ1) is 11.3. The van der Waals surface area contributed by atoms with E-state index in [1.807, 2.05) is 12.1 Å². The van der Waals surface area contributed by atoms with Crippen LogP contribution >= 0.6 is 0 Å². The third-order valence-corrected chi connectivity index (χ3v) is 4.94. The Hall–Kier alpha value is -1.88. The fourth-order valence-corrected chi connectivity index (χ4v) is 3.64. The molecule has 23 heavy (non-hydrogen) atoms. The third kappa shape index (κ3) is 3.24. The van der Waals surface area contributed by atoms with Crippen LogP contribution in [0.5, 0.6) is 11.5 Å². The highest BCUT2D eigenvalue weighted by Gasteiger charge is 2.25. The SMILES string of the molecule is COc1cc2ncnc(C3CCC(CCO)CC3)c2cc1OC. The maximum atomic E-state index is 9.10. The molecule has 3 rings (SSSR count). The summed E-state index contributed by atoms with van der Waals surface area (Å²) in [5.74, 6) is 2.51. The number of hydrogen-bond acceptors (Lipinski definition) is 5. The Morgan fingerprint density at radius 1 is 1.04 bits per heavy atom. The molecule has 1 aliphatic carbocycles. The molecule has 124 valence electrons. The molecule has 1 aromatic carbocycles. The van der Waals surface area contributed by atoms with Crippen LogP contribution in [0.1, 0.15) is 43.7 Å². The minimum Gasteiger partial charge on any atom is -0.493 e. The number of aromatic nitrogens is 2. The third-order valence-electron chi connectivity index (χ3n) is 4.94. The zero-order valence-electron chi connectivity index (χ0n) is 13.8. The van der Waals surface area contributed by atoms with Gasteiger partial charge in [0.15, 0.2) is 11.5 Å². The second-order valence-corrected chi connectivity index (χ2v) is 6.21. The van der Waals surface area contributed by atoms with Gasteiger partial charge in [-0.05, 0) is 44.1 Å². The van der Waals surface area contributed by atoms with Gasteiger partial charge in [0.1, 0.15) is 6.33 Å². The molecular weight excluding hydrogens is 292 g/mol. The number of hydrogen-bond donors (Lipinski definition) is 1. The number of nitrogens with zero attached hydrogens (tertiary/aromatic N) is 2. The van der Waals surface area contributed by atoms with Crippen LogP contribution in [-0.4, -0.2) is 35.9 Å². The quantitative estimate of drug-likeness (QED) is 0.917. The first kappa shape index (κ1) is 16.0. The van der Waals surface area contributed by atoms with E-state index in [-0.39, 0.29) is 0 Å². The monoisotopic (exact) mass is 316 g/mol. The molecule has 1 aliphatic rings. The van der Waals surface area contributed by atoms with Crippen molar-refractivity contribution in [3.8, 4) is 11.5 Å². The van der Waals surface area contributed by atoms with Crippen LogP contribution in [0, 0.1) is 5.92 Å². The van der Waals surface area contributed by atoms with E-state index in [0.717, 1.165) is 48.7 Å². The Balaban J connectivity index is 1.92. The van der Waals surface area contributed by atoms with Gasteiger partial charge < -0.3 is 14.6 Å². The Morgan fingerprint density at radius 2 is 1.74 bits per heavy atom. The van der Waals surface area contributed by atoms with Crippen molar-refractivity contribution in [3.63, 3.8) is 0 Å². The van der Waals surface area contributed by atoms with Gasteiger partial charge in [0.05, 0.1) is 25.4 Å². The smallest absolute Gasteiger partial charge is 0.162 e. The number of aliphatic hydroxyl groups excluding tert-OH is 1. The Kier molecular flexibility index (Phi) is 4.96. The van der Waals surface area contributed by atoms with Crippen LogP contribution in [0.25, 0.3) is 10.9 Å². The summed E-state index contributed by atoms with van der Waals surface area (Å²) in [6.07, 6.45) is 7.11. The van der Waals surface area contributed by atoms with Crippen LogP contribution in [0.4, 0.5) is 0 Å². The summed E-state index contributed by atoms with van der Waals surface area (Å²) in [5.41, 5.74) is 2.00. The normalized spacial score (nSPS) is 21.3. The van der Waals surface area contributed by atoms with E-state index >= 15 is 0 Å². The lowest BCUT2D eigenvalue weighted by Gasteiger charge is -2.28. The minimum absolute atomic E-state index is 0.294.